The third-order valence-corrected chi connectivity index (χ3v) is 4.49. The largest absolute Gasteiger partial charge is 0.416 e. The highest BCUT2D eigenvalue weighted by Crippen LogP contribution is 2.29. The van der Waals surface area contributed by atoms with Crippen LogP contribution in [-0.4, -0.2) is 54.1 Å². The second-order valence-electron chi connectivity index (χ2n) is 6.35. The van der Waals surface area contributed by atoms with E-state index in [9.17, 15) is 13.2 Å². The number of rotatable bonds is 4. The van der Waals surface area contributed by atoms with Crippen LogP contribution in [0, 0.1) is 0 Å². The number of aromatic nitrogens is 1. The van der Waals surface area contributed by atoms with Crippen LogP contribution in [0.5, 0.6) is 0 Å². The number of aliphatic imine (C=N–C) groups is 1. The molecule has 1 saturated heterocycles. The Kier molecular flexibility index (Phi) is 8.10. The lowest BCUT2D eigenvalue weighted by molar-refractivity contribution is -0.137. The van der Waals surface area contributed by atoms with Gasteiger partial charge in [-0.15, -0.1) is 24.0 Å². The molecule has 0 atom stereocenters. The summed E-state index contributed by atoms with van der Waals surface area (Å²) in [5.41, 5.74) is 1.04. The second-order valence-corrected chi connectivity index (χ2v) is 6.35. The fourth-order valence-corrected chi connectivity index (χ4v) is 2.99. The molecule has 1 aliphatic rings. The Morgan fingerprint density at radius 3 is 2.36 bits per heavy atom. The van der Waals surface area contributed by atoms with E-state index in [0.29, 0.717) is 6.54 Å². The van der Waals surface area contributed by atoms with Gasteiger partial charge in [-0.3, -0.25) is 9.89 Å². The summed E-state index contributed by atoms with van der Waals surface area (Å²) in [6.45, 7) is 4.53. The van der Waals surface area contributed by atoms with Crippen LogP contribution in [0.25, 0.3) is 0 Å². The normalized spacial score (nSPS) is 16.0. The van der Waals surface area contributed by atoms with Crippen molar-refractivity contribution in [3.63, 3.8) is 0 Å². The van der Waals surface area contributed by atoms with Gasteiger partial charge in [0.25, 0.3) is 0 Å². The van der Waals surface area contributed by atoms with E-state index >= 15 is 0 Å². The first-order valence-electron chi connectivity index (χ1n) is 8.69. The minimum absolute atomic E-state index is 0. The van der Waals surface area contributed by atoms with Crippen molar-refractivity contribution in [1.29, 1.82) is 0 Å². The van der Waals surface area contributed by atoms with Crippen LogP contribution >= 0.6 is 24.0 Å². The zero-order valence-corrected chi connectivity index (χ0v) is 17.8. The van der Waals surface area contributed by atoms with Crippen molar-refractivity contribution in [3.05, 3.63) is 53.4 Å². The van der Waals surface area contributed by atoms with Crippen LogP contribution < -0.4 is 5.32 Å². The molecule has 1 fully saturated rings. The Balaban J connectivity index is 0.00000280. The fourth-order valence-electron chi connectivity index (χ4n) is 2.99. The highest BCUT2D eigenvalue weighted by Gasteiger charge is 2.30. The highest BCUT2D eigenvalue weighted by molar-refractivity contribution is 14.0. The molecule has 0 radical (unpaired) electrons. The van der Waals surface area contributed by atoms with Gasteiger partial charge in [-0.1, -0.05) is 17.3 Å². The summed E-state index contributed by atoms with van der Waals surface area (Å²) in [7, 11) is 1.71. The SMILES string of the molecule is CN=C(NCc1ccc(C(F)(F)F)cc1)N1CCN(Cc2ccon2)CC1.I. The molecule has 0 aliphatic carbocycles. The second kappa shape index (κ2) is 10.1. The Bertz CT molecular complexity index is 742. The van der Waals surface area contributed by atoms with Crippen molar-refractivity contribution < 1.29 is 17.7 Å². The molecule has 0 unspecified atom stereocenters. The molecule has 10 heteroatoms. The molecule has 0 spiro atoms. The van der Waals surface area contributed by atoms with Crippen LogP contribution in [-0.2, 0) is 19.3 Å². The van der Waals surface area contributed by atoms with Gasteiger partial charge in [-0.05, 0) is 17.7 Å². The number of guanidine groups is 1. The molecule has 2 heterocycles. The predicted molar refractivity (Wildman–Crippen MR) is 110 cm³/mol. The molecular formula is C18H23F3IN5O. The summed E-state index contributed by atoms with van der Waals surface area (Å²) in [5, 5.41) is 7.15. The van der Waals surface area contributed by atoms with E-state index in [1.807, 2.05) is 6.07 Å². The maximum Gasteiger partial charge on any atom is 0.416 e. The smallest absolute Gasteiger partial charge is 0.364 e. The molecule has 1 N–H and O–H groups in total. The van der Waals surface area contributed by atoms with E-state index in [0.717, 1.165) is 62.1 Å². The zero-order valence-electron chi connectivity index (χ0n) is 15.4. The number of piperazine rings is 1. The Morgan fingerprint density at radius 2 is 1.82 bits per heavy atom. The lowest BCUT2D eigenvalue weighted by Gasteiger charge is -2.36. The van der Waals surface area contributed by atoms with Gasteiger partial charge in [-0.2, -0.15) is 13.2 Å². The number of nitrogens with zero attached hydrogens (tertiary/aromatic N) is 4. The number of alkyl halides is 3. The molecule has 2 aromatic rings. The summed E-state index contributed by atoms with van der Waals surface area (Å²) < 4.78 is 42.7. The van der Waals surface area contributed by atoms with Crippen molar-refractivity contribution in [2.45, 2.75) is 19.3 Å². The van der Waals surface area contributed by atoms with Crippen LogP contribution in [0.15, 0.2) is 46.1 Å². The average Bonchev–Trinajstić information content (AvgIpc) is 3.16. The summed E-state index contributed by atoms with van der Waals surface area (Å²) >= 11 is 0. The quantitative estimate of drug-likeness (QED) is 0.390. The van der Waals surface area contributed by atoms with Gasteiger partial charge in [-0.25, -0.2) is 0 Å². The molecule has 28 heavy (non-hydrogen) atoms. The van der Waals surface area contributed by atoms with Gasteiger partial charge < -0.3 is 14.7 Å². The van der Waals surface area contributed by atoms with Gasteiger partial charge in [0.2, 0.25) is 0 Å². The van der Waals surface area contributed by atoms with Crippen molar-refractivity contribution >= 4 is 29.9 Å². The van der Waals surface area contributed by atoms with E-state index in [-0.39, 0.29) is 24.0 Å². The van der Waals surface area contributed by atoms with Gasteiger partial charge in [0.1, 0.15) is 6.26 Å². The van der Waals surface area contributed by atoms with Gasteiger partial charge in [0, 0.05) is 52.4 Å². The molecule has 0 amide bonds. The minimum Gasteiger partial charge on any atom is -0.364 e. The van der Waals surface area contributed by atoms with E-state index in [1.54, 1.807) is 13.3 Å². The first-order chi connectivity index (χ1) is 13.0. The Labute approximate surface area is 178 Å². The van der Waals surface area contributed by atoms with Crippen LogP contribution in [0.1, 0.15) is 16.8 Å². The number of halogens is 4. The summed E-state index contributed by atoms with van der Waals surface area (Å²) in [4.78, 5) is 8.72. The fraction of sp³-hybridized carbons (Fsp3) is 0.444. The molecule has 3 rings (SSSR count). The molecular weight excluding hydrogens is 486 g/mol. The van der Waals surface area contributed by atoms with Gasteiger partial charge in [0.05, 0.1) is 11.3 Å². The zero-order chi connectivity index (χ0) is 19.3. The lowest BCUT2D eigenvalue weighted by Crippen LogP contribution is -2.52. The Hall–Kier alpha value is -1.82. The average molecular weight is 509 g/mol. The molecule has 0 bridgehead atoms. The standard InChI is InChI=1S/C18H22F3N5O.HI/c1-22-17(23-12-14-2-4-15(5-3-14)18(19,20)21)26-9-7-25(8-10-26)13-16-6-11-27-24-16;/h2-6,11H,7-10,12-13H2,1H3,(H,22,23);1H. The Morgan fingerprint density at radius 1 is 1.14 bits per heavy atom. The number of nitrogens with one attached hydrogen (secondary N) is 1. The van der Waals surface area contributed by atoms with Crippen molar-refractivity contribution in [2.75, 3.05) is 33.2 Å². The summed E-state index contributed by atoms with van der Waals surface area (Å²) in [5.74, 6) is 0.746. The molecule has 6 nitrogen and oxygen atoms in total. The van der Waals surface area contributed by atoms with Crippen molar-refractivity contribution in [2.24, 2.45) is 4.99 Å². The number of benzene rings is 1. The van der Waals surface area contributed by atoms with Crippen LogP contribution in [0.3, 0.4) is 0 Å². The van der Waals surface area contributed by atoms with E-state index in [2.05, 4.69) is 25.3 Å². The third-order valence-electron chi connectivity index (χ3n) is 4.49. The summed E-state index contributed by atoms with van der Waals surface area (Å²) in [6, 6.07) is 7.03. The predicted octanol–water partition coefficient (Wildman–Crippen LogP) is 3.20. The van der Waals surface area contributed by atoms with E-state index < -0.39 is 11.7 Å². The topological polar surface area (TPSA) is 56.9 Å². The molecule has 1 aliphatic heterocycles. The minimum atomic E-state index is -4.31. The first kappa shape index (κ1) is 22.5. The van der Waals surface area contributed by atoms with Gasteiger partial charge in [0.15, 0.2) is 5.96 Å². The van der Waals surface area contributed by atoms with Crippen molar-refractivity contribution in [3.8, 4) is 0 Å². The van der Waals surface area contributed by atoms with Crippen molar-refractivity contribution in [1.82, 2.24) is 20.3 Å². The third kappa shape index (κ3) is 6.09. The maximum absolute atomic E-state index is 12.6. The molecule has 1 aromatic heterocycles. The summed E-state index contributed by atoms with van der Waals surface area (Å²) in [6.07, 6.45) is -2.74. The highest BCUT2D eigenvalue weighted by atomic mass is 127. The molecule has 0 saturated carbocycles. The number of hydrogen-bond donors (Lipinski definition) is 1. The molecule has 154 valence electrons. The van der Waals surface area contributed by atoms with E-state index in [4.69, 9.17) is 4.52 Å². The lowest BCUT2D eigenvalue weighted by atomic mass is 10.1. The molecule has 1 aromatic carbocycles. The maximum atomic E-state index is 12.6. The first-order valence-corrected chi connectivity index (χ1v) is 8.69. The van der Waals surface area contributed by atoms with Crippen LogP contribution in [0.4, 0.5) is 13.2 Å². The van der Waals surface area contributed by atoms with Crippen LogP contribution in [0.2, 0.25) is 0 Å². The van der Waals surface area contributed by atoms with E-state index in [1.165, 1.54) is 12.1 Å². The van der Waals surface area contributed by atoms with Gasteiger partial charge >= 0.3 is 6.18 Å². The monoisotopic (exact) mass is 509 g/mol. The number of hydrogen-bond acceptors (Lipinski definition) is 4.